The molecule has 14 heavy (non-hydrogen) atoms. The molecule has 1 aromatic heterocycles. The van der Waals surface area contributed by atoms with Gasteiger partial charge >= 0.3 is 0 Å². The molecule has 0 spiro atoms. The first-order chi connectivity index (χ1) is 6.92. The molecule has 0 radical (unpaired) electrons. The van der Waals surface area contributed by atoms with Crippen LogP contribution in [-0.2, 0) is 6.42 Å². The van der Waals surface area contributed by atoms with Gasteiger partial charge < -0.3 is 4.90 Å². The first-order valence-corrected chi connectivity index (χ1v) is 4.97. The summed E-state index contributed by atoms with van der Waals surface area (Å²) in [4.78, 5) is 6.62. The normalized spacial score (nSPS) is 15.5. The van der Waals surface area contributed by atoms with Crippen molar-refractivity contribution in [3.05, 3.63) is 23.9 Å². The standard InChI is InChI=1S/C11H13N3/c12-6-5-10-4-3-7-13-11(10)14-8-1-2-9-14/h3-4,7H,1-2,5,8-9H2. The van der Waals surface area contributed by atoms with E-state index in [2.05, 4.69) is 16.0 Å². The summed E-state index contributed by atoms with van der Waals surface area (Å²) in [5, 5.41) is 8.69. The predicted octanol–water partition coefficient (Wildman–Crippen LogP) is 1.75. The summed E-state index contributed by atoms with van der Waals surface area (Å²) >= 11 is 0. The summed E-state index contributed by atoms with van der Waals surface area (Å²) in [6.45, 7) is 2.16. The second-order valence-electron chi connectivity index (χ2n) is 3.52. The van der Waals surface area contributed by atoms with Crippen molar-refractivity contribution in [3.63, 3.8) is 0 Å². The Morgan fingerprint density at radius 3 is 2.93 bits per heavy atom. The minimum Gasteiger partial charge on any atom is -0.356 e. The average molecular weight is 187 g/mol. The van der Waals surface area contributed by atoms with Gasteiger partial charge in [0, 0.05) is 24.8 Å². The Hall–Kier alpha value is -1.56. The molecule has 0 aliphatic carbocycles. The van der Waals surface area contributed by atoms with E-state index in [4.69, 9.17) is 5.26 Å². The van der Waals surface area contributed by atoms with Crippen LogP contribution in [0.3, 0.4) is 0 Å². The summed E-state index contributed by atoms with van der Waals surface area (Å²) in [6, 6.07) is 6.07. The highest BCUT2D eigenvalue weighted by atomic mass is 15.2. The molecule has 1 aliphatic rings. The lowest BCUT2D eigenvalue weighted by Gasteiger charge is -2.18. The van der Waals surface area contributed by atoms with Gasteiger partial charge in [-0.25, -0.2) is 4.98 Å². The largest absolute Gasteiger partial charge is 0.356 e. The van der Waals surface area contributed by atoms with E-state index in [0.717, 1.165) is 24.5 Å². The van der Waals surface area contributed by atoms with Crippen molar-refractivity contribution in [2.75, 3.05) is 18.0 Å². The molecule has 0 bridgehead atoms. The molecule has 1 saturated heterocycles. The molecule has 0 atom stereocenters. The highest BCUT2D eigenvalue weighted by molar-refractivity contribution is 5.48. The zero-order chi connectivity index (χ0) is 9.80. The van der Waals surface area contributed by atoms with Crippen molar-refractivity contribution in [2.24, 2.45) is 0 Å². The van der Waals surface area contributed by atoms with Crippen molar-refractivity contribution in [3.8, 4) is 6.07 Å². The second kappa shape index (κ2) is 4.10. The van der Waals surface area contributed by atoms with Crippen LogP contribution < -0.4 is 4.90 Å². The average Bonchev–Trinajstić information content (AvgIpc) is 2.72. The topological polar surface area (TPSA) is 39.9 Å². The maximum absolute atomic E-state index is 8.69. The zero-order valence-electron chi connectivity index (χ0n) is 8.11. The molecule has 2 rings (SSSR count). The molecule has 1 aliphatic heterocycles. The van der Waals surface area contributed by atoms with Gasteiger partial charge in [0.2, 0.25) is 0 Å². The van der Waals surface area contributed by atoms with Crippen LogP contribution in [0.25, 0.3) is 0 Å². The number of hydrogen-bond donors (Lipinski definition) is 0. The smallest absolute Gasteiger partial charge is 0.132 e. The lowest BCUT2D eigenvalue weighted by atomic mass is 10.2. The van der Waals surface area contributed by atoms with Gasteiger partial charge in [-0.3, -0.25) is 0 Å². The molecule has 0 unspecified atom stereocenters. The third-order valence-corrected chi connectivity index (χ3v) is 2.54. The Morgan fingerprint density at radius 1 is 1.43 bits per heavy atom. The predicted molar refractivity (Wildman–Crippen MR) is 55.0 cm³/mol. The fourth-order valence-electron chi connectivity index (χ4n) is 1.87. The highest BCUT2D eigenvalue weighted by Crippen LogP contribution is 2.21. The SMILES string of the molecule is N#CCc1cccnc1N1CCCC1. The van der Waals surface area contributed by atoms with Crippen molar-refractivity contribution < 1.29 is 0 Å². The van der Waals surface area contributed by atoms with E-state index >= 15 is 0 Å². The molecule has 1 aromatic rings. The first-order valence-electron chi connectivity index (χ1n) is 4.97. The third kappa shape index (κ3) is 1.69. The van der Waals surface area contributed by atoms with Crippen molar-refractivity contribution in [2.45, 2.75) is 19.3 Å². The molecule has 3 heteroatoms. The van der Waals surface area contributed by atoms with Gasteiger partial charge in [-0.1, -0.05) is 6.07 Å². The Labute approximate surface area is 84.0 Å². The molecule has 72 valence electrons. The van der Waals surface area contributed by atoms with Gasteiger partial charge in [0.1, 0.15) is 5.82 Å². The van der Waals surface area contributed by atoms with Crippen LogP contribution in [0.5, 0.6) is 0 Å². The highest BCUT2D eigenvalue weighted by Gasteiger charge is 2.15. The minimum absolute atomic E-state index is 0.458. The van der Waals surface area contributed by atoms with E-state index in [9.17, 15) is 0 Å². The molecule has 0 aromatic carbocycles. The first kappa shape index (κ1) is 9.01. The number of rotatable bonds is 2. The Kier molecular flexibility index (Phi) is 2.64. The molecule has 2 heterocycles. The molecule has 0 N–H and O–H groups in total. The molecular weight excluding hydrogens is 174 g/mol. The van der Waals surface area contributed by atoms with E-state index in [0.29, 0.717) is 6.42 Å². The Balaban J connectivity index is 2.26. The van der Waals surface area contributed by atoms with Crippen LogP contribution in [0.2, 0.25) is 0 Å². The summed E-state index contributed by atoms with van der Waals surface area (Å²) in [7, 11) is 0. The zero-order valence-corrected chi connectivity index (χ0v) is 8.11. The number of aromatic nitrogens is 1. The van der Waals surface area contributed by atoms with Crippen molar-refractivity contribution >= 4 is 5.82 Å². The Morgan fingerprint density at radius 2 is 2.21 bits per heavy atom. The van der Waals surface area contributed by atoms with Crippen molar-refractivity contribution in [1.29, 1.82) is 5.26 Å². The van der Waals surface area contributed by atoms with Crippen LogP contribution in [0.15, 0.2) is 18.3 Å². The van der Waals surface area contributed by atoms with Gasteiger partial charge in [0.05, 0.1) is 12.5 Å². The van der Waals surface area contributed by atoms with Gasteiger partial charge in [-0.2, -0.15) is 5.26 Å². The monoisotopic (exact) mass is 187 g/mol. The number of nitriles is 1. The van der Waals surface area contributed by atoms with Crippen LogP contribution in [0, 0.1) is 11.3 Å². The number of nitrogens with zero attached hydrogens (tertiary/aromatic N) is 3. The lowest BCUT2D eigenvalue weighted by Crippen LogP contribution is -2.20. The quantitative estimate of drug-likeness (QED) is 0.708. The van der Waals surface area contributed by atoms with E-state index < -0.39 is 0 Å². The van der Waals surface area contributed by atoms with E-state index in [-0.39, 0.29) is 0 Å². The summed E-state index contributed by atoms with van der Waals surface area (Å²) in [5.41, 5.74) is 1.05. The Bertz CT molecular complexity index is 348. The molecule has 1 fully saturated rings. The number of anilines is 1. The van der Waals surface area contributed by atoms with Crippen LogP contribution in [0.4, 0.5) is 5.82 Å². The summed E-state index contributed by atoms with van der Waals surface area (Å²) in [5.74, 6) is 1.01. The summed E-state index contributed by atoms with van der Waals surface area (Å²) < 4.78 is 0. The van der Waals surface area contributed by atoms with Crippen LogP contribution in [-0.4, -0.2) is 18.1 Å². The van der Waals surface area contributed by atoms with Gasteiger partial charge in [-0.15, -0.1) is 0 Å². The van der Waals surface area contributed by atoms with Crippen LogP contribution >= 0.6 is 0 Å². The molecular formula is C11H13N3. The van der Waals surface area contributed by atoms with Gasteiger partial charge in [0.25, 0.3) is 0 Å². The third-order valence-electron chi connectivity index (χ3n) is 2.54. The van der Waals surface area contributed by atoms with E-state index in [1.165, 1.54) is 12.8 Å². The van der Waals surface area contributed by atoms with E-state index in [1.807, 2.05) is 12.1 Å². The molecule has 0 amide bonds. The maximum Gasteiger partial charge on any atom is 0.132 e. The summed E-state index contributed by atoms with van der Waals surface area (Å²) in [6.07, 6.45) is 4.74. The fraction of sp³-hybridized carbons (Fsp3) is 0.455. The van der Waals surface area contributed by atoms with Crippen LogP contribution in [0.1, 0.15) is 18.4 Å². The number of hydrogen-bond acceptors (Lipinski definition) is 3. The second-order valence-corrected chi connectivity index (χ2v) is 3.52. The molecule has 0 saturated carbocycles. The minimum atomic E-state index is 0.458. The lowest BCUT2D eigenvalue weighted by molar-refractivity contribution is 0.922. The molecule has 3 nitrogen and oxygen atoms in total. The van der Waals surface area contributed by atoms with Gasteiger partial charge in [-0.05, 0) is 18.9 Å². The van der Waals surface area contributed by atoms with Gasteiger partial charge in [0.15, 0.2) is 0 Å². The number of pyridine rings is 1. The van der Waals surface area contributed by atoms with E-state index in [1.54, 1.807) is 6.20 Å². The van der Waals surface area contributed by atoms with Crippen molar-refractivity contribution in [1.82, 2.24) is 4.98 Å². The maximum atomic E-state index is 8.69. The fourth-order valence-corrected chi connectivity index (χ4v) is 1.87.